The van der Waals surface area contributed by atoms with Gasteiger partial charge in [0.2, 0.25) is 5.54 Å². The highest BCUT2D eigenvalue weighted by atomic mass is 19.4. The molecule has 45 heavy (non-hydrogen) atoms. The van der Waals surface area contributed by atoms with Gasteiger partial charge >= 0.3 is 18.3 Å². The molecular formula is C31H23F8N3O3. The number of alkyl halides is 8. The summed E-state index contributed by atoms with van der Waals surface area (Å²) in [5.41, 5.74) is -8.04. The monoisotopic (exact) mass is 637 g/mol. The first-order valence-electron chi connectivity index (χ1n) is 13.2. The summed E-state index contributed by atoms with van der Waals surface area (Å²) in [5, 5.41) is 12.6. The third-order valence-corrected chi connectivity index (χ3v) is 6.99. The number of halogens is 8. The molecule has 0 bridgehead atoms. The third kappa shape index (κ3) is 6.62. The van der Waals surface area contributed by atoms with E-state index in [4.69, 9.17) is 10.00 Å². The van der Waals surface area contributed by atoms with Gasteiger partial charge in [-0.05, 0) is 60.9 Å². The molecule has 6 nitrogen and oxygen atoms in total. The molecule has 0 spiro atoms. The molecule has 1 unspecified atom stereocenters. The van der Waals surface area contributed by atoms with Crippen molar-refractivity contribution in [2.24, 2.45) is 0 Å². The van der Waals surface area contributed by atoms with Crippen LogP contribution in [0.4, 0.5) is 40.8 Å². The second kappa shape index (κ2) is 12.2. The molecule has 2 N–H and O–H groups in total. The van der Waals surface area contributed by atoms with Gasteiger partial charge in [-0.2, -0.15) is 40.4 Å². The third-order valence-electron chi connectivity index (χ3n) is 6.99. The molecule has 1 atom stereocenters. The lowest BCUT2D eigenvalue weighted by Crippen LogP contribution is -2.69. The number of anilines is 1. The number of carbonyl (C=O) groups excluding carboxylic acids is 2. The summed E-state index contributed by atoms with van der Waals surface area (Å²) in [6.45, 7) is 1.14. The van der Waals surface area contributed by atoms with Crippen LogP contribution in [0.1, 0.15) is 35.1 Å². The molecule has 0 saturated carbocycles. The van der Waals surface area contributed by atoms with Crippen LogP contribution in [0.25, 0.3) is 5.57 Å². The van der Waals surface area contributed by atoms with Crippen LogP contribution in [0.3, 0.4) is 0 Å². The molecule has 0 fully saturated rings. The van der Waals surface area contributed by atoms with Gasteiger partial charge in [-0.3, -0.25) is 9.59 Å². The SMILES string of the molecule is Cc1ccc(C2=C(C(=O)Nc3ccc(C#N)cc3)C(=O)NC(c3ccc(OCCCC(F)(F)F)cc3)(C(F)(F)F)C2(F)F)cc1. The Hall–Kier alpha value is -4.93. The number of rotatable bonds is 8. The number of benzene rings is 3. The highest BCUT2D eigenvalue weighted by molar-refractivity contribution is 6.29. The Morgan fingerprint density at radius 3 is 2.07 bits per heavy atom. The quantitative estimate of drug-likeness (QED) is 0.155. The summed E-state index contributed by atoms with van der Waals surface area (Å²) in [5.74, 6) is -8.36. The number of nitrogens with one attached hydrogen (secondary N) is 2. The highest BCUT2D eigenvalue weighted by Gasteiger charge is 2.75. The van der Waals surface area contributed by atoms with E-state index in [-0.39, 0.29) is 17.0 Å². The number of amides is 2. The number of nitrogens with zero attached hydrogens (tertiary/aromatic N) is 1. The van der Waals surface area contributed by atoms with E-state index in [1.165, 1.54) is 41.7 Å². The minimum Gasteiger partial charge on any atom is -0.494 e. The number of hydrogen-bond donors (Lipinski definition) is 2. The van der Waals surface area contributed by atoms with Crippen LogP contribution in [0.5, 0.6) is 5.75 Å². The zero-order chi connectivity index (χ0) is 33.2. The van der Waals surface area contributed by atoms with Crippen LogP contribution >= 0.6 is 0 Å². The van der Waals surface area contributed by atoms with Crippen LogP contribution in [-0.4, -0.2) is 36.7 Å². The van der Waals surface area contributed by atoms with E-state index in [0.29, 0.717) is 17.7 Å². The smallest absolute Gasteiger partial charge is 0.422 e. The van der Waals surface area contributed by atoms with Gasteiger partial charge in [-0.25, -0.2) is 0 Å². The molecule has 2 amide bonds. The normalized spacial score (nSPS) is 18.2. The zero-order valence-corrected chi connectivity index (χ0v) is 23.2. The van der Waals surface area contributed by atoms with Crippen LogP contribution in [0, 0.1) is 18.3 Å². The van der Waals surface area contributed by atoms with Gasteiger partial charge in [-0.15, -0.1) is 0 Å². The van der Waals surface area contributed by atoms with Crippen molar-refractivity contribution >= 4 is 23.1 Å². The van der Waals surface area contributed by atoms with Crippen LogP contribution < -0.4 is 15.4 Å². The van der Waals surface area contributed by atoms with Crippen molar-refractivity contribution in [3.63, 3.8) is 0 Å². The lowest BCUT2D eigenvalue weighted by molar-refractivity contribution is -0.255. The first-order chi connectivity index (χ1) is 21.0. The van der Waals surface area contributed by atoms with Crippen molar-refractivity contribution in [2.75, 3.05) is 11.9 Å². The van der Waals surface area contributed by atoms with Gasteiger partial charge in [0.1, 0.15) is 11.3 Å². The Morgan fingerprint density at radius 1 is 0.933 bits per heavy atom. The molecule has 0 aromatic heterocycles. The first kappa shape index (κ1) is 33.0. The van der Waals surface area contributed by atoms with Crippen LogP contribution in [0.2, 0.25) is 0 Å². The predicted octanol–water partition coefficient (Wildman–Crippen LogP) is 7.20. The fourth-order valence-corrected chi connectivity index (χ4v) is 4.78. The van der Waals surface area contributed by atoms with Crippen molar-refractivity contribution in [3.8, 4) is 11.8 Å². The lowest BCUT2D eigenvalue weighted by atomic mass is 9.73. The molecule has 14 heteroatoms. The summed E-state index contributed by atoms with van der Waals surface area (Å²) >= 11 is 0. The molecule has 4 rings (SSSR count). The number of carbonyl (C=O) groups is 2. The van der Waals surface area contributed by atoms with E-state index >= 15 is 8.78 Å². The Balaban J connectivity index is 1.82. The molecule has 3 aromatic carbocycles. The van der Waals surface area contributed by atoms with E-state index < -0.39 is 77.4 Å². The molecule has 0 saturated heterocycles. The minimum atomic E-state index is -5.84. The predicted molar refractivity (Wildman–Crippen MR) is 146 cm³/mol. The largest absolute Gasteiger partial charge is 0.494 e. The number of ether oxygens (including phenoxy) is 1. The standard InChI is InChI=1S/C31H23F8N3O3/c1-18-3-7-20(8-4-18)25-24(26(43)41-22-11-5-19(17-40)6-12-22)27(44)42-29(30(25,35)36,31(37,38)39)21-9-13-23(14-10-21)45-16-2-15-28(32,33)34/h3-14H,2,15-16H2,1H3,(H,41,43)(H,42,44). The summed E-state index contributed by atoms with van der Waals surface area (Å²) < 4.78 is 120. The van der Waals surface area contributed by atoms with Crippen LogP contribution in [0.15, 0.2) is 78.4 Å². The Bertz CT molecular complexity index is 1640. The van der Waals surface area contributed by atoms with Gasteiger partial charge in [0.05, 0.1) is 18.2 Å². The topological polar surface area (TPSA) is 91.2 Å². The average molecular weight is 638 g/mol. The maximum atomic E-state index is 16.7. The fraction of sp³-hybridized carbons (Fsp3) is 0.258. The van der Waals surface area contributed by atoms with Crippen LogP contribution in [-0.2, 0) is 15.1 Å². The molecule has 236 valence electrons. The number of aryl methyl sites for hydroxylation is 1. The summed E-state index contributed by atoms with van der Waals surface area (Å²) in [6.07, 6.45) is -11.9. The molecule has 1 heterocycles. The van der Waals surface area contributed by atoms with E-state index in [0.717, 1.165) is 24.3 Å². The second-order valence-corrected chi connectivity index (χ2v) is 10.1. The molecule has 1 aliphatic heterocycles. The minimum absolute atomic E-state index is 0.0237. The summed E-state index contributed by atoms with van der Waals surface area (Å²) in [6, 6.07) is 14.6. The Morgan fingerprint density at radius 2 is 1.53 bits per heavy atom. The van der Waals surface area contributed by atoms with E-state index in [2.05, 4.69) is 5.32 Å². The summed E-state index contributed by atoms with van der Waals surface area (Å²) in [7, 11) is 0. The number of nitriles is 1. The maximum Gasteiger partial charge on any atom is 0.422 e. The van der Waals surface area contributed by atoms with Gasteiger partial charge in [0.15, 0.2) is 0 Å². The van der Waals surface area contributed by atoms with Crippen molar-refractivity contribution in [1.82, 2.24) is 5.32 Å². The van der Waals surface area contributed by atoms with E-state index in [1.54, 1.807) is 6.92 Å². The van der Waals surface area contributed by atoms with E-state index in [9.17, 15) is 35.9 Å². The average Bonchev–Trinajstić information content (AvgIpc) is 2.96. The second-order valence-electron chi connectivity index (χ2n) is 10.1. The fourth-order valence-electron chi connectivity index (χ4n) is 4.78. The van der Waals surface area contributed by atoms with Gasteiger partial charge < -0.3 is 15.4 Å². The lowest BCUT2D eigenvalue weighted by Gasteiger charge is -2.46. The first-order valence-corrected chi connectivity index (χ1v) is 13.2. The van der Waals surface area contributed by atoms with E-state index in [1.807, 2.05) is 6.07 Å². The van der Waals surface area contributed by atoms with Crippen molar-refractivity contribution in [1.29, 1.82) is 5.26 Å². The highest BCUT2D eigenvalue weighted by Crippen LogP contribution is 2.57. The Kier molecular flexibility index (Phi) is 8.95. The number of hydrogen-bond acceptors (Lipinski definition) is 4. The Labute approximate surface area is 251 Å². The molecule has 3 aromatic rings. The van der Waals surface area contributed by atoms with Gasteiger partial charge in [0.25, 0.3) is 11.8 Å². The van der Waals surface area contributed by atoms with Gasteiger partial charge in [0, 0.05) is 17.7 Å². The molecule has 0 aliphatic carbocycles. The molecule has 0 radical (unpaired) electrons. The summed E-state index contributed by atoms with van der Waals surface area (Å²) in [4.78, 5) is 26.7. The van der Waals surface area contributed by atoms with Crippen molar-refractivity contribution in [3.05, 3.63) is 101 Å². The van der Waals surface area contributed by atoms with Gasteiger partial charge in [-0.1, -0.05) is 42.0 Å². The molecular weight excluding hydrogens is 614 g/mol. The van der Waals surface area contributed by atoms with Crippen molar-refractivity contribution < 1.29 is 49.4 Å². The molecule has 1 aliphatic rings. The zero-order valence-electron chi connectivity index (χ0n) is 23.2. The van der Waals surface area contributed by atoms with Crippen molar-refractivity contribution in [2.45, 2.75) is 43.6 Å². The maximum absolute atomic E-state index is 16.7.